The van der Waals surface area contributed by atoms with Gasteiger partial charge in [0.15, 0.2) is 0 Å². The monoisotopic (exact) mass is 290 g/mol. The number of hydrogen-bond acceptors (Lipinski definition) is 3. The molecule has 0 spiro atoms. The van der Waals surface area contributed by atoms with E-state index in [9.17, 15) is 0 Å². The number of nitrogens with two attached hydrogens (primary N) is 1. The third kappa shape index (κ3) is 4.21. The summed E-state index contributed by atoms with van der Waals surface area (Å²) < 4.78 is 5.53. The second kappa shape index (κ2) is 8.40. The summed E-state index contributed by atoms with van der Waals surface area (Å²) in [5.41, 5.74) is 7.44. The fraction of sp³-hybridized carbons (Fsp3) is 0.667. The lowest BCUT2D eigenvalue weighted by Gasteiger charge is -2.41. The lowest BCUT2D eigenvalue weighted by atomic mass is 9.93. The van der Waals surface area contributed by atoms with Crippen LogP contribution in [0.2, 0.25) is 0 Å². The Balaban J connectivity index is 2.12. The summed E-state index contributed by atoms with van der Waals surface area (Å²) in [4.78, 5) is 2.64. The molecule has 0 aromatic heterocycles. The summed E-state index contributed by atoms with van der Waals surface area (Å²) in [6.45, 7) is 6.87. The fourth-order valence-corrected chi connectivity index (χ4v) is 3.49. The molecule has 3 heteroatoms. The van der Waals surface area contributed by atoms with Crippen LogP contribution in [0, 0.1) is 0 Å². The van der Waals surface area contributed by atoms with Gasteiger partial charge in [-0.15, -0.1) is 0 Å². The Kier molecular flexibility index (Phi) is 6.52. The molecular weight excluding hydrogens is 260 g/mol. The Morgan fingerprint density at radius 1 is 1.24 bits per heavy atom. The summed E-state index contributed by atoms with van der Waals surface area (Å²) in [6, 6.07) is 9.54. The zero-order valence-electron chi connectivity index (χ0n) is 13.6. The van der Waals surface area contributed by atoms with Crippen molar-refractivity contribution >= 4 is 0 Å². The number of benzene rings is 1. The highest BCUT2D eigenvalue weighted by Gasteiger charge is 2.28. The smallest absolute Gasteiger partial charge is 0.119 e. The van der Waals surface area contributed by atoms with Crippen molar-refractivity contribution in [2.75, 3.05) is 19.7 Å². The van der Waals surface area contributed by atoms with E-state index in [-0.39, 0.29) is 0 Å². The van der Waals surface area contributed by atoms with E-state index in [1.54, 1.807) is 0 Å². The molecular formula is C18H30N2O. The number of ether oxygens (including phenoxy) is 1. The average molecular weight is 290 g/mol. The van der Waals surface area contributed by atoms with Crippen LogP contribution >= 0.6 is 0 Å². The number of hydrogen-bond donors (Lipinski definition) is 1. The van der Waals surface area contributed by atoms with Gasteiger partial charge in [-0.1, -0.05) is 31.9 Å². The molecule has 1 fully saturated rings. The summed E-state index contributed by atoms with van der Waals surface area (Å²) in [7, 11) is 0. The molecule has 0 bridgehead atoms. The second-order valence-corrected chi connectivity index (χ2v) is 5.93. The number of rotatable bonds is 7. The van der Waals surface area contributed by atoms with E-state index < -0.39 is 0 Å². The van der Waals surface area contributed by atoms with Gasteiger partial charge in [0.05, 0.1) is 6.61 Å². The van der Waals surface area contributed by atoms with E-state index in [0.29, 0.717) is 25.2 Å². The highest BCUT2D eigenvalue weighted by atomic mass is 16.5. The van der Waals surface area contributed by atoms with Crippen LogP contribution in [0.1, 0.15) is 57.6 Å². The fourth-order valence-electron chi connectivity index (χ4n) is 3.49. The molecule has 0 radical (unpaired) electrons. The molecule has 0 amide bonds. The number of piperidine rings is 1. The van der Waals surface area contributed by atoms with Crippen molar-refractivity contribution in [3.63, 3.8) is 0 Å². The molecule has 1 aliphatic rings. The molecule has 118 valence electrons. The maximum Gasteiger partial charge on any atom is 0.119 e. The SMILES string of the molecule is CCCC1CCCCN1C(CN)c1ccc(OCC)cc1. The van der Waals surface area contributed by atoms with Crippen molar-refractivity contribution in [2.24, 2.45) is 5.73 Å². The summed E-state index contributed by atoms with van der Waals surface area (Å²) >= 11 is 0. The van der Waals surface area contributed by atoms with E-state index in [0.717, 1.165) is 5.75 Å². The van der Waals surface area contributed by atoms with Crippen LogP contribution in [-0.2, 0) is 0 Å². The van der Waals surface area contributed by atoms with Crippen molar-refractivity contribution in [3.05, 3.63) is 29.8 Å². The maximum absolute atomic E-state index is 6.12. The van der Waals surface area contributed by atoms with Crippen LogP contribution < -0.4 is 10.5 Å². The minimum atomic E-state index is 0.345. The van der Waals surface area contributed by atoms with E-state index in [4.69, 9.17) is 10.5 Å². The van der Waals surface area contributed by atoms with Crippen LogP contribution in [0.25, 0.3) is 0 Å². The normalized spacial score (nSPS) is 21.2. The second-order valence-electron chi connectivity index (χ2n) is 5.93. The number of likely N-dealkylation sites (tertiary alicyclic amines) is 1. The minimum absolute atomic E-state index is 0.345. The molecule has 1 aromatic rings. The zero-order chi connectivity index (χ0) is 15.1. The molecule has 2 unspecified atom stereocenters. The Bertz CT molecular complexity index is 402. The van der Waals surface area contributed by atoms with Crippen molar-refractivity contribution in [3.8, 4) is 5.75 Å². The first-order valence-corrected chi connectivity index (χ1v) is 8.48. The van der Waals surface area contributed by atoms with Gasteiger partial charge >= 0.3 is 0 Å². The third-order valence-electron chi connectivity index (χ3n) is 4.49. The predicted octanol–water partition coefficient (Wildman–Crippen LogP) is 3.74. The molecule has 1 aliphatic heterocycles. The van der Waals surface area contributed by atoms with Gasteiger partial charge in [-0.25, -0.2) is 0 Å². The summed E-state index contributed by atoms with van der Waals surface area (Å²) in [6.07, 6.45) is 6.52. The van der Waals surface area contributed by atoms with Gasteiger partial charge < -0.3 is 10.5 Å². The Morgan fingerprint density at radius 2 is 2.00 bits per heavy atom. The predicted molar refractivity (Wildman–Crippen MR) is 88.7 cm³/mol. The van der Waals surface area contributed by atoms with Gasteiger partial charge in [-0.3, -0.25) is 4.90 Å². The Labute approximate surface area is 129 Å². The van der Waals surface area contributed by atoms with E-state index >= 15 is 0 Å². The van der Waals surface area contributed by atoms with Gasteiger partial charge in [0.2, 0.25) is 0 Å². The van der Waals surface area contributed by atoms with E-state index in [1.807, 2.05) is 6.92 Å². The highest BCUT2D eigenvalue weighted by molar-refractivity contribution is 5.29. The molecule has 0 aliphatic carbocycles. The molecule has 3 nitrogen and oxygen atoms in total. The first kappa shape index (κ1) is 16.3. The molecule has 21 heavy (non-hydrogen) atoms. The van der Waals surface area contributed by atoms with Gasteiger partial charge in [0.1, 0.15) is 5.75 Å². The maximum atomic E-state index is 6.12. The molecule has 1 aromatic carbocycles. The van der Waals surface area contributed by atoms with Crippen LogP contribution in [-0.4, -0.2) is 30.6 Å². The van der Waals surface area contributed by atoms with Gasteiger partial charge in [0, 0.05) is 18.6 Å². The molecule has 2 N–H and O–H groups in total. The summed E-state index contributed by atoms with van der Waals surface area (Å²) in [5.74, 6) is 0.945. The van der Waals surface area contributed by atoms with E-state index in [2.05, 4.69) is 36.1 Å². The van der Waals surface area contributed by atoms with Gasteiger partial charge in [0.25, 0.3) is 0 Å². The van der Waals surface area contributed by atoms with Crippen LogP contribution in [0.3, 0.4) is 0 Å². The quantitative estimate of drug-likeness (QED) is 0.831. The minimum Gasteiger partial charge on any atom is -0.494 e. The Morgan fingerprint density at radius 3 is 2.62 bits per heavy atom. The lowest BCUT2D eigenvalue weighted by molar-refractivity contribution is 0.0912. The third-order valence-corrected chi connectivity index (χ3v) is 4.49. The van der Waals surface area contributed by atoms with Gasteiger partial charge in [-0.2, -0.15) is 0 Å². The van der Waals surface area contributed by atoms with Crippen molar-refractivity contribution in [1.29, 1.82) is 0 Å². The lowest BCUT2D eigenvalue weighted by Crippen LogP contribution is -2.44. The van der Waals surface area contributed by atoms with Gasteiger partial charge in [-0.05, 0) is 50.4 Å². The topological polar surface area (TPSA) is 38.5 Å². The van der Waals surface area contributed by atoms with Crippen LogP contribution in [0.5, 0.6) is 5.75 Å². The van der Waals surface area contributed by atoms with E-state index in [1.165, 1.54) is 44.2 Å². The molecule has 0 saturated carbocycles. The largest absolute Gasteiger partial charge is 0.494 e. The Hall–Kier alpha value is -1.06. The zero-order valence-corrected chi connectivity index (χ0v) is 13.6. The molecule has 2 rings (SSSR count). The van der Waals surface area contributed by atoms with Crippen LogP contribution in [0.15, 0.2) is 24.3 Å². The first-order valence-electron chi connectivity index (χ1n) is 8.48. The molecule has 1 heterocycles. The number of nitrogens with zero attached hydrogens (tertiary/aromatic N) is 1. The molecule has 2 atom stereocenters. The average Bonchev–Trinajstić information content (AvgIpc) is 2.52. The molecule has 1 saturated heterocycles. The first-order chi connectivity index (χ1) is 10.3. The van der Waals surface area contributed by atoms with Crippen molar-refractivity contribution < 1.29 is 4.74 Å². The highest BCUT2D eigenvalue weighted by Crippen LogP contribution is 2.30. The van der Waals surface area contributed by atoms with Crippen LogP contribution in [0.4, 0.5) is 0 Å². The summed E-state index contributed by atoms with van der Waals surface area (Å²) in [5, 5.41) is 0. The van der Waals surface area contributed by atoms with Crippen molar-refractivity contribution in [2.45, 2.75) is 58.0 Å². The van der Waals surface area contributed by atoms with Crippen molar-refractivity contribution in [1.82, 2.24) is 4.90 Å². The standard InChI is InChI=1S/C18H30N2O/c1-3-7-16-8-5-6-13-20(16)18(14-19)15-9-11-17(12-10-15)21-4-2/h9-12,16,18H,3-8,13-14,19H2,1-2H3.